The molecule has 0 saturated carbocycles. The van der Waals surface area contributed by atoms with Crippen LogP contribution in [0.3, 0.4) is 0 Å². The molecule has 1 amide bonds. The molecule has 29 heavy (non-hydrogen) atoms. The molecule has 1 fully saturated rings. The number of nitrogens with one attached hydrogen (secondary N) is 1. The fraction of sp³-hybridized carbons (Fsp3) is 0.273. The third-order valence-corrected chi connectivity index (χ3v) is 5.93. The second kappa shape index (κ2) is 8.57. The topological polar surface area (TPSA) is 56.2 Å². The number of carbonyl (C=O) groups excluding carboxylic acids is 1. The SMILES string of the molecule is O=C(NCc1cnn(-c2ccc(Cl)cc2)c1)C1(c2ccccc2Cl)CCOCC1. The summed E-state index contributed by atoms with van der Waals surface area (Å²) in [5, 5.41) is 8.75. The molecular weight excluding hydrogens is 409 g/mol. The molecular formula is C22H21Cl2N3O2. The largest absolute Gasteiger partial charge is 0.381 e. The predicted octanol–water partition coefficient (Wildman–Crippen LogP) is 4.54. The van der Waals surface area contributed by atoms with Gasteiger partial charge in [0, 0.05) is 41.6 Å². The number of benzene rings is 2. The van der Waals surface area contributed by atoms with E-state index in [4.69, 9.17) is 27.9 Å². The number of aromatic nitrogens is 2. The summed E-state index contributed by atoms with van der Waals surface area (Å²) in [6.45, 7) is 1.46. The zero-order valence-corrected chi connectivity index (χ0v) is 17.3. The molecule has 0 spiro atoms. The monoisotopic (exact) mass is 429 g/mol. The van der Waals surface area contributed by atoms with Crippen molar-refractivity contribution in [3.8, 4) is 5.69 Å². The van der Waals surface area contributed by atoms with Gasteiger partial charge in [-0.05, 0) is 48.7 Å². The maximum absolute atomic E-state index is 13.3. The number of amides is 1. The van der Waals surface area contributed by atoms with E-state index in [0.29, 0.717) is 42.6 Å². The van der Waals surface area contributed by atoms with Crippen LogP contribution in [-0.2, 0) is 21.5 Å². The minimum atomic E-state index is -0.678. The summed E-state index contributed by atoms with van der Waals surface area (Å²) < 4.78 is 7.27. The average molecular weight is 430 g/mol. The number of halogens is 2. The minimum Gasteiger partial charge on any atom is -0.381 e. The van der Waals surface area contributed by atoms with Gasteiger partial charge in [-0.25, -0.2) is 4.68 Å². The lowest BCUT2D eigenvalue weighted by Gasteiger charge is -2.36. The standard InChI is InChI=1S/C22H21Cl2N3O2/c23-17-5-7-18(8-6-17)27-15-16(14-26-27)13-25-21(28)22(9-11-29-12-10-22)19-3-1-2-4-20(19)24/h1-8,14-15H,9-13H2,(H,25,28). The first-order valence-electron chi connectivity index (χ1n) is 9.49. The van der Waals surface area contributed by atoms with Crippen LogP contribution < -0.4 is 5.32 Å². The lowest BCUT2D eigenvalue weighted by Crippen LogP contribution is -2.48. The first kappa shape index (κ1) is 20.0. The minimum absolute atomic E-state index is 0.0341. The van der Waals surface area contributed by atoms with Crippen molar-refractivity contribution in [3.63, 3.8) is 0 Å². The Morgan fingerprint density at radius 1 is 1.10 bits per heavy atom. The average Bonchev–Trinajstić information content (AvgIpc) is 3.22. The Hall–Kier alpha value is -2.34. The van der Waals surface area contributed by atoms with Gasteiger partial charge < -0.3 is 10.1 Å². The third kappa shape index (κ3) is 4.17. The Kier molecular flexibility index (Phi) is 5.90. The molecule has 150 valence electrons. The highest BCUT2D eigenvalue weighted by atomic mass is 35.5. The van der Waals surface area contributed by atoms with Crippen molar-refractivity contribution in [2.24, 2.45) is 0 Å². The number of ether oxygens (including phenoxy) is 1. The molecule has 2 heterocycles. The summed E-state index contributed by atoms with van der Waals surface area (Å²) in [5.74, 6) is -0.0341. The molecule has 1 saturated heterocycles. The maximum atomic E-state index is 13.3. The molecule has 1 N–H and O–H groups in total. The molecule has 0 aliphatic carbocycles. The summed E-state index contributed by atoms with van der Waals surface area (Å²) in [7, 11) is 0. The Balaban J connectivity index is 1.50. The fourth-order valence-electron chi connectivity index (χ4n) is 3.73. The van der Waals surface area contributed by atoms with Gasteiger partial charge in [-0.3, -0.25) is 4.79 Å². The van der Waals surface area contributed by atoms with Gasteiger partial charge in [-0.2, -0.15) is 5.10 Å². The van der Waals surface area contributed by atoms with Crippen molar-refractivity contribution in [1.82, 2.24) is 15.1 Å². The smallest absolute Gasteiger partial charge is 0.231 e. The number of hydrogen-bond acceptors (Lipinski definition) is 3. The van der Waals surface area contributed by atoms with Crippen LogP contribution in [0, 0.1) is 0 Å². The van der Waals surface area contributed by atoms with Crippen molar-refractivity contribution in [1.29, 1.82) is 0 Å². The van der Waals surface area contributed by atoms with E-state index >= 15 is 0 Å². The third-order valence-electron chi connectivity index (χ3n) is 5.35. The van der Waals surface area contributed by atoms with Crippen LogP contribution in [0.4, 0.5) is 0 Å². The van der Waals surface area contributed by atoms with Gasteiger partial charge >= 0.3 is 0 Å². The van der Waals surface area contributed by atoms with Crippen molar-refractivity contribution >= 4 is 29.1 Å². The normalized spacial score (nSPS) is 15.8. The Labute approximate surface area is 179 Å². The van der Waals surface area contributed by atoms with E-state index in [1.54, 1.807) is 10.9 Å². The lowest BCUT2D eigenvalue weighted by molar-refractivity contribution is -0.130. The molecule has 7 heteroatoms. The molecule has 3 aromatic rings. The van der Waals surface area contributed by atoms with Gasteiger partial charge in [0.1, 0.15) is 0 Å². The van der Waals surface area contributed by atoms with Gasteiger partial charge in [-0.1, -0.05) is 41.4 Å². The van der Waals surface area contributed by atoms with E-state index in [1.807, 2.05) is 54.7 Å². The van der Waals surface area contributed by atoms with Gasteiger partial charge in [0.2, 0.25) is 5.91 Å². The molecule has 5 nitrogen and oxygen atoms in total. The highest BCUT2D eigenvalue weighted by Crippen LogP contribution is 2.39. The van der Waals surface area contributed by atoms with Crippen LogP contribution in [0.15, 0.2) is 60.9 Å². The summed E-state index contributed by atoms with van der Waals surface area (Å²) >= 11 is 12.4. The molecule has 0 atom stereocenters. The van der Waals surface area contributed by atoms with Crippen LogP contribution in [0.1, 0.15) is 24.0 Å². The summed E-state index contributed by atoms with van der Waals surface area (Å²) in [6.07, 6.45) is 4.86. The number of rotatable bonds is 5. The van der Waals surface area contributed by atoms with Crippen LogP contribution in [0.5, 0.6) is 0 Å². The quantitative estimate of drug-likeness (QED) is 0.647. The summed E-state index contributed by atoms with van der Waals surface area (Å²) in [6, 6.07) is 15.0. The maximum Gasteiger partial charge on any atom is 0.231 e. The Bertz CT molecular complexity index is 995. The van der Waals surface area contributed by atoms with E-state index in [9.17, 15) is 4.79 Å². The summed E-state index contributed by atoms with van der Waals surface area (Å²) in [5.41, 5.74) is 2.00. The van der Waals surface area contributed by atoms with Crippen LogP contribution in [0.25, 0.3) is 5.69 Å². The summed E-state index contributed by atoms with van der Waals surface area (Å²) in [4.78, 5) is 13.3. The molecule has 0 bridgehead atoms. The van der Waals surface area contributed by atoms with Crippen molar-refractivity contribution in [2.45, 2.75) is 24.8 Å². The van der Waals surface area contributed by atoms with E-state index in [1.165, 1.54) is 0 Å². The number of hydrogen-bond donors (Lipinski definition) is 1. The van der Waals surface area contributed by atoms with Gasteiger partial charge in [-0.15, -0.1) is 0 Å². The molecule has 0 radical (unpaired) electrons. The Morgan fingerprint density at radius 2 is 1.83 bits per heavy atom. The second-order valence-electron chi connectivity index (χ2n) is 7.13. The highest BCUT2D eigenvalue weighted by Gasteiger charge is 2.42. The van der Waals surface area contributed by atoms with Crippen LogP contribution >= 0.6 is 23.2 Å². The molecule has 2 aromatic carbocycles. The van der Waals surface area contributed by atoms with E-state index < -0.39 is 5.41 Å². The van der Waals surface area contributed by atoms with E-state index in [-0.39, 0.29) is 5.91 Å². The highest BCUT2D eigenvalue weighted by molar-refractivity contribution is 6.31. The fourth-order valence-corrected chi connectivity index (χ4v) is 4.17. The second-order valence-corrected chi connectivity index (χ2v) is 7.97. The predicted molar refractivity (Wildman–Crippen MR) is 114 cm³/mol. The van der Waals surface area contributed by atoms with E-state index in [2.05, 4.69) is 10.4 Å². The van der Waals surface area contributed by atoms with Crippen molar-refractivity contribution in [2.75, 3.05) is 13.2 Å². The zero-order chi connectivity index (χ0) is 20.3. The molecule has 1 aliphatic rings. The van der Waals surface area contributed by atoms with Crippen LogP contribution in [-0.4, -0.2) is 28.9 Å². The van der Waals surface area contributed by atoms with Gasteiger partial charge in [0.25, 0.3) is 0 Å². The van der Waals surface area contributed by atoms with Crippen molar-refractivity contribution < 1.29 is 9.53 Å². The van der Waals surface area contributed by atoms with Crippen LogP contribution in [0.2, 0.25) is 10.0 Å². The first-order chi connectivity index (χ1) is 14.1. The molecule has 4 rings (SSSR count). The van der Waals surface area contributed by atoms with E-state index in [0.717, 1.165) is 16.8 Å². The molecule has 1 aliphatic heterocycles. The molecule has 1 aromatic heterocycles. The Morgan fingerprint density at radius 3 is 2.55 bits per heavy atom. The number of carbonyl (C=O) groups is 1. The molecule has 0 unspecified atom stereocenters. The van der Waals surface area contributed by atoms with Gasteiger partial charge in [0.05, 0.1) is 17.3 Å². The lowest BCUT2D eigenvalue weighted by atomic mass is 9.73. The first-order valence-corrected chi connectivity index (χ1v) is 10.2. The zero-order valence-electron chi connectivity index (χ0n) is 15.8. The van der Waals surface area contributed by atoms with Gasteiger partial charge in [0.15, 0.2) is 0 Å². The van der Waals surface area contributed by atoms with Crippen molar-refractivity contribution in [3.05, 3.63) is 82.1 Å². The number of nitrogens with zero attached hydrogens (tertiary/aromatic N) is 2.